The predicted molar refractivity (Wildman–Crippen MR) is 133 cm³/mol. The molecule has 1 N–H and O–H groups in total. The van der Waals surface area contributed by atoms with Gasteiger partial charge in [-0.05, 0) is 36.2 Å². The number of aliphatic hydroxyl groups excluding tert-OH is 1. The summed E-state index contributed by atoms with van der Waals surface area (Å²) in [6, 6.07) is 17.4. The Balaban J connectivity index is 1.67. The van der Waals surface area contributed by atoms with Crippen molar-refractivity contribution in [1.82, 2.24) is 19.7 Å². The van der Waals surface area contributed by atoms with Crippen molar-refractivity contribution in [2.45, 2.75) is 19.5 Å². The average Bonchev–Trinajstić information content (AvgIpc) is 3.42. The van der Waals surface area contributed by atoms with Gasteiger partial charge < -0.3 is 10.0 Å². The fourth-order valence-electron chi connectivity index (χ4n) is 4.50. The molecule has 1 aliphatic rings. The Kier molecular flexibility index (Phi) is 6.06. The summed E-state index contributed by atoms with van der Waals surface area (Å²) in [5.41, 5.74) is 2.22. The van der Waals surface area contributed by atoms with Gasteiger partial charge in [-0.1, -0.05) is 36.4 Å². The highest BCUT2D eigenvalue weighted by Crippen LogP contribution is 2.41. The molecule has 1 amide bonds. The number of Topliss-reactive ketones (excluding diaryl/α,β-unsaturated/α-hetero) is 1. The van der Waals surface area contributed by atoms with E-state index < -0.39 is 28.4 Å². The van der Waals surface area contributed by atoms with E-state index >= 15 is 0 Å². The normalized spacial score (nSPS) is 16.8. The zero-order valence-corrected chi connectivity index (χ0v) is 19.7. The first kappa shape index (κ1) is 23.6. The largest absolute Gasteiger partial charge is 0.507 e. The number of carbonyl (C=O) groups excluding carboxylic acids is 2. The number of nitro groups is 1. The zero-order valence-electron chi connectivity index (χ0n) is 19.7. The van der Waals surface area contributed by atoms with Crippen LogP contribution in [0, 0.1) is 17.0 Å². The third kappa shape index (κ3) is 4.25. The minimum Gasteiger partial charge on any atom is -0.507 e. The highest BCUT2D eigenvalue weighted by molar-refractivity contribution is 6.46. The fraction of sp³-hybridized carbons (Fsp3) is 0.111. The maximum Gasteiger partial charge on any atom is 0.295 e. The quantitative estimate of drug-likeness (QED) is 0.140. The molecule has 37 heavy (non-hydrogen) atoms. The average molecular weight is 495 g/mol. The Morgan fingerprint density at radius 3 is 2.54 bits per heavy atom. The number of amides is 1. The van der Waals surface area contributed by atoms with Crippen LogP contribution in [0.4, 0.5) is 5.69 Å². The number of para-hydroxylation sites is 1. The van der Waals surface area contributed by atoms with E-state index in [0.29, 0.717) is 16.8 Å². The van der Waals surface area contributed by atoms with Crippen molar-refractivity contribution in [3.8, 4) is 5.69 Å². The highest BCUT2D eigenvalue weighted by atomic mass is 16.6. The molecule has 1 saturated heterocycles. The smallest absolute Gasteiger partial charge is 0.295 e. The molecule has 0 spiro atoms. The SMILES string of the molecule is Cc1c(C(O)=C2C(=O)C(=O)N(Cc3cccnc3)[C@H]2c2cccc([N+](=O)[O-])c2)cnn1-c1ccccc1. The van der Waals surface area contributed by atoms with Crippen LogP contribution in [0.3, 0.4) is 0 Å². The number of hydrogen-bond acceptors (Lipinski definition) is 7. The van der Waals surface area contributed by atoms with Crippen LogP contribution in [0.25, 0.3) is 11.4 Å². The second-order valence-electron chi connectivity index (χ2n) is 8.53. The van der Waals surface area contributed by atoms with Crippen LogP contribution in [0.1, 0.15) is 28.4 Å². The molecule has 4 aromatic rings. The number of ketones is 1. The molecule has 2 aromatic heterocycles. The molecule has 2 aromatic carbocycles. The molecular weight excluding hydrogens is 474 g/mol. The highest BCUT2D eigenvalue weighted by Gasteiger charge is 2.46. The molecule has 0 saturated carbocycles. The van der Waals surface area contributed by atoms with Gasteiger partial charge in [0, 0.05) is 31.1 Å². The number of non-ortho nitro benzene ring substituents is 1. The number of carbonyl (C=O) groups is 2. The molecule has 0 radical (unpaired) electrons. The molecule has 3 heterocycles. The van der Waals surface area contributed by atoms with E-state index in [1.807, 2.05) is 30.3 Å². The van der Waals surface area contributed by atoms with Gasteiger partial charge >= 0.3 is 0 Å². The second kappa shape index (κ2) is 9.50. The van der Waals surface area contributed by atoms with Gasteiger partial charge in [-0.15, -0.1) is 0 Å². The van der Waals surface area contributed by atoms with E-state index in [1.165, 1.54) is 29.3 Å². The van der Waals surface area contributed by atoms with Crippen molar-refractivity contribution < 1.29 is 19.6 Å². The monoisotopic (exact) mass is 495 g/mol. The molecule has 1 aliphatic heterocycles. The van der Waals surface area contributed by atoms with Crippen molar-refractivity contribution in [2.75, 3.05) is 0 Å². The summed E-state index contributed by atoms with van der Waals surface area (Å²) < 4.78 is 1.61. The molecule has 1 fully saturated rings. The molecule has 10 nitrogen and oxygen atoms in total. The molecule has 0 unspecified atom stereocenters. The van der Waals surface area contributed by atoms with Crippen LogP contribution >= 0.6 is 0 Å². The minimum atomic E-state index is -1.06. The van der Waals surface area contributed by atoms with Gasteiger partial charge in [-0.25, -0.2) is 4.68 Å². The van der Waals surface area contributed by atoms with E-state index in [0.717, 1.165) is 5.69 Å². The van der Waals surface area contributed by atoms with E-state index in [4.69, 9.17) is 0 Å². The summed E-state index contributed by atoms with van der Waals surface area (Å²) in [7, 11) is 0. The maximum atomic E-state index is 13.3. The Morgan fingerprint density at radius 2 is 1.84 bits per heavy atom. The van der Waals surface area contributed by atoms with Crippen LogP contribution in [0.2, 0.25) is 0 Å². The number of nitrogens with zero attached hydrogens (tertiary/aromatic N) is 5. The van der Waals surface area contributed by atoms with Crippen LogP contribution < -0.4 is 0 Å². The van der Waals surface area contributed by atoms with Crippen molar-refractivity contribution in [2.24, 2.45) is 0 Å². The molecular formula is C27H21N5O5. The van der Waals surface area contributed by atoms with Crippen molar-refractivity contribution >= 4 is 23.1 Å². The first-order chi connectivity index (χ1) is 17.9. The van der Waals surface area contributed by atoms with Gasteiger partial charge in [0.25, 0.3) is 17.4 Å². The Bertz CT molecular complexity index is 1550. The lowest BCUT2D eigenvalue weighted by molar-refractivity contribution is -0.384. The first-order valence-corrected chi connectivity index (χ1v) is 11.4. The Morgan fingerprint density at radius 1 is 1.05 bits per heavy atom. The number of likely N-dealkylation sites (tertiary alicyclic amines) is 1. The lowest BCUT2D eigenvalue weighted by Crippen LogP contribution is -2.29. The van der Waals surface area contributed by atoms with Crippen molar-refractivity contribution in [1.29, 1.82) is 0 Å². The third-order valence-corrected chi connectivity index (χ3v) is 6.28. The topological polar surface area (TPSA) is 131 Å². The number of nitro benzene ring substituents is 1. The van der Waals surface area contributed by atoms with Crippen molar-refractivity contribution in [3.05, 3.63) is 123 Å². The molecule has 5 rings (SSSR count). The fourth-order valence-corrected chi connectivity index (χ4v) is 4.50. The summed E-state index contributed by atoms with van der Waals surface area (Å²) in [6.07, 6.45) is 4.58. The number of pyridine rings is 1. The van der Waals surface area contributed by atoms with Crippen LogP contribution in [-0.2, 0) is 16.1 Å². The lowest BCUT2D eigenvalue weighted by atomic mass is 9.95. The number of aliphatic hydroxyl groups is 1. The molecule has 1 atom stereocenters. The lowest BCUT2D eigenvalue weighted by Gasteiger charge is -2.25. The zero-order chi connectivity index (χ0) is 26.1. The summed E-state index contributed by atoms with van der Waals surface area (Å²) in [4.78, 5) is 42.8. The van der Waals surface area contributed by atoms with Crippen molar-refractivity contribution in [3.63, 3.8) is 0 Å². The van der Waals surface area contributed by atoms with E-state index in [-0.39, 0.29) is 23.4 Å². The second-order valence-corrected chi connectivity index (χ2v) is 8.53. The summed E-state index contributed by atoms with van der Waals surface area (Å²) in [6.45, 7) is 1.76. The Labute approximate surface area is 211 Å². The van der Waals surface area contributed by atoms with Crippen LogP contribution in [-0.4, -0.2) is 41.4 Å². The first-order valence-electron chi connectivity index (χ1n) is 11.4. The number of benzene rings is 2. The van der Waals surface area contributed by atoms with Gasteiger partial charge in [0.05, 0.1) is 39.7 Å². The van der Waals surface area contributed by atoms with Gasteiger partial charge in [0.15, 0.2) is 0 Å². The number of hydrogen-bond donors (Lipinski definition) is 1. The van der Waals surface area contributed by atoms with Gasteiger partial charge in [0.1, 0.15) is 5.76 Å². The third-order valence-electron chi connectivity index (χ3n) is 6.28. The molecule has 0 aliphatic carbocycles. The van der Waals surface area contributed by atoms with Crippen LogP contribution in [0.15, 0.2) is 90.9 Å². The van der Waals surface area contributed by atoms with Crippen LogP contribution in [0.5, 0.6) is 0 Å². The minimum absolute atomic E-state index is 0.0187. The van der Waals surface area contributed by atoms with E-state index in [1.54, 1.807) is 42.2 Å². The maximum absolute atomic E-state index is 13.3. The van der Waals surface area contributed by atoms with Gasteiger partial charge in [-0.2, -0.15) is 5.10 Å². The number of rotatable bonds is 6. The van der Waals surface area contributed by atoms with E-state index in [9.17, 15) is 24.8 Å². The van der Waals surface area contributed by atoms with E-state index in [2.05, 4.69) is 10.1 Å². The molecule has 184 valence electrons. The van der Waals surface area contributed by atoms with Gasteiger partial charge in [0.2, 0.25) is 0 Å². The standard InChI is InChI=1S/C27H21N5O5/c1-17-22(15-29-31(17)20-9-3-2-4-10-20)25(33)23-24(19-8-5-11-21(13-19)32(36)37)30(27(35)26(23)34)16-18-7-6-12-28-14-18/h2-15,24,33H,16H2,1H3/t24-/m0/s1. The summed E-state index contributed by atoms with van der Waals surface area (Å²) in [5, 5.41) is 27.2. The Hall–Kier alpha value is -5.12. The molecule has 0 bridgehead atoms. The number of aromatic nitrogens is 3. The summed E-state index contributed by atoms with van der Waals surface area (Å²) >= 11 is 0. The summed E-state index contributed by atoms with van der Waals surface area (Å²) in [5.74, 6) is -2.11. The predicted octanol–water partition coefficient (Wildman–Crippen LogP) is 4.11. The van der Waals surface area contributed by atoms with Gasteiger partial charge in [-0.3, -0.25) is 24.7 Å². The molecule has 10 heteroatoms.